The molecular weight excluding hydrogens is 340 g/mol. The van der Waals surface area contributed by atoms with E-state index in [9.17, 15) is 0 Å². The average molecular weight is 353 g/mol. The predicted molar refractivity (Wildman–Crippen MR) is 91.5 cm³/mol. The summed E-state index contributed by atoms with van der Waals surface area (Å²) in [4.78, 5) is 0. The summed E-state index contributed by atoms with van der Waals surface area (Å²) in [5.41, 5.74) is 8.93. The predicted octanol–water partition coefficient (Wildman–Crippen LogP) is 3.49. The van der Waals surface area contributed by atoms with Crippen molar-refractivity contribution in [3.05, 3.63) is 58.1 Å². The van der Waals surface area contributed by atoms with Gasteiger partial charge in [-0.15, -0.1) is 0 Å². The Labute approximate surface area is 134 Å². The van der Waals surface area contributed by atoms with Crippen LogP contribution >= 0.6 is 15.9 Å². The maximum absolute atomic E-state index is 4.54. The maximum Gasteiger partial charge on any atom is 0.163 e. The Hall–Kier alpha value is -2.27. The molecule has 1 N–H and O–H groups in total. The normalized spacial score (nSPS) is 13.5. The second-order valence-electron chi connectivity index (χ2n) is 5.68. The summed E-state index contributed by atoms with van der Waals surface area (Å²) in [5, 5.41) is 6.96. The molecule has 1 aliphatic rings. The van der Waals surface area contributed by atoms with Crippen molar-refractivity contribution in [1.29, 1.82) is 0 Å². The largest absolute Gasteiger partial charge is 0.311 e. The summed E-state index contributed by atoms with van der Waals surface area (Å²) in [5.74, 6) is 0. The van der Waals surface area contributed by atoms with Crippen LogP contribution in [0.2, 0.25) is 0 Å². The molecule has 2 aromatic carbocycles. The molecule has 0 atom stereocenters. The molecule has 5 rings (SSSR count). The van der Waals surface area contributed by atoms with Crippen LogP contribution < -0.4 is 10.9 Å². The van der Waals surface area contributed by atoms with Gasteiger partial charge in [-0.3, -0.25) is 5.43 Å². The highest BCUT2D eigenvalue weighted by Crippen LogP contribution is 2.28. The van der Waals surface area contributed by atoms with Crippen molar-refractivity contribution in [2.24, 2.45) is 5.10 Å². The van der Waals surface area contributed by atoms with E-state index in [1.807, 2.05) is 0 Å². The van der Waals surface area contributed by atoms with E-state index in [-0.39, 0.29) is 0 Å². The van der Waals surface area contributed by atoms with Gasteiger partial charge in [0, 0.05) is 20.9 Å². The van der Waals surface area contributed by atoms with Gasteiger partial charge in [-0.1, -0.05) is 28.1 Å². The highest BCUT2D eigenvalue weighted by Gasteiger charge is 2.15. The van der Waals surface area contributed by atoms with Gasteiger partial charge in [-0.2, -0.15) is 5.10 Å². The summed E-state index contributed by atoms with van der Waals surface area (Å²) in [7, 11) is 0. The minimum atomic E-state index is 0.699. The third kappa shape index (κ3) is 1.44. The van der Waals surface area contributed by atoms with Crippen molar-refractivity contribution in [2.75, 3.05) is 0 Å². The molecular formula is C17H13BrN4. The van der Waals surface area contributed by atoms with E-state index in [0.29, 0.717) is 6.67 Å². The molecule has 0 aliphatic carbocycles. The number of hydrogen-bond donors (Lipinski definition) is 1. The van der Waals surface area contributed by atoms with Crippen molar-refractivity contribution >= 4 is 43.3 Å². The molecule has 0 saturated heterocycles. The van der Waals surface area contributed by atoms with Gasteiger partial charge in [0.05, 0.1) is 16.6 Å². The fourth-order valence-corrected chi connectivity index (χ4v) is 3.86. The zero-order chi connectivity index (χ0) is 14.8. The summed E-state index contributed by atoms with van der Waals surface area (Å²) in [6.45, 7) is 2.86. The first-order chi connectivity index (χ1) is 10.7. The molecule has 4 aromatic rings. The first kappa shape index (κ1) is 12.3. The minimum Gasteiger partial charge on any atom is -0.311 e. The first-order valence-corrected chi connectivity index (χ1v) is 8.03. The van der Waals surface area contributed by atoms with Crippen LogP contribution in [0.3, 0.4) is 0 Å². The van der Waals surface area contributed by atoms with Crippen LogP contribution in [0.15, 0.2) is 52.0 Å². The number of rotatable bonds is 0. The average Bonchev–Trinajstić information content (AvgIpc) is 3.07. The lowest BCUT2D eigenvalue weighted by molar-refractivity contribution is 0.659. The molecule has 0 saturated carbocycles. The summed E-state index contributed by atoms with van der Waals surface area (Å²) < 4.78 is 5.66. The lowest BCUT2D eigenvalue weighted by Crippen LogP contribution is -2.14. The number of fused-ring (bicyclic) bond motifs is 5. The second-order valence-corrected chi connectivity index (χ2v) is 6.59. The fraction of sp³-hybridized carbons (Fsp3) is 0.118. The van der Waals surface area contributed by atoms with Crippen molar-refractivity contribution in [3.8, 4) is 0 Å². The van der Waals surface area contributed by atoms with E-state index in [1.165, 1.54) is 33.0 Å². The fourth-order valence-electron chi connectivity index (χ4n) is 3.51. The molecule has 3 heterocycles. The Bertz CT molecular complexity index is 1150. The lowest BCUT2D eigenvalue weighted by Gasteiger charge is -2.05. The van der Waals surface area contributed by atoms with Gasteiger partial charge in [0.25, 0.3) is 0 Å². The molecule has 0 fully saturated rings. The summed E-state index contributed by atoms with van der Waals surface area (Å²) >= 11 is 3.61. The molecule has 0 amide bonds. The Balaban J connectivity index is 2.29. The Morgan fingerprint density at radius 2 is 2.05 bits per heavy atom. The molecule has 0 spiro atoms. The van der Waals surface area contributed by atoms with Gasteiger partial charge < -0.3 is 8.97 Å². The van der Waals surface area contributed by atoms with E-state index in [2.05, 4.69) is 84.8 Å². The van der Waals surface area contributed by atoms with Gasteiger partial charge in [0.1, 0.15) is 6.67 Å². The molecule has 1 aliphatic heterocycles. The number of aryl methyl sites for hydroxylation is 1. The van der Waals surface area contributed by atoms with Gasteiger partial charge >= 0.3 is 0 Å². The topological polar surface area (TPSA) is 33.7 Å². The Morgan fingerprint density at radius 1 is 1.14 bits per heavy atom. The molecule has 108 valence electrons. The van der Waals surface area contributed by atoms with Crippen LogP contribution in [-0.2, 0) is 6.67 Å². The molecule has 2 aromatic heterocycles. The van der Waals surface area contributed by atoms with Crippen LogP contribution in [-0.4, -0.2) is 8.97 Å². The highest BCUT2D eigenvalue weighted by atomic mass is 79.9. The molecule has 4 nitrogen and oxygen atoms in total. The highest BCUT2D eigenvalue weighted by molar-refractivity contribution is 9.10. The smallest absolute Gasteiger partial charge is 0.163 e. The number of halogens is 1. The standard InChI is InChI=1S/C17H13BrN4/c1-10-7-11-3-2-4-13-16(11)22(10)15-8-12(18)5-6-14(15)21-9-19-20-17(13)21/h2-8,19H,9H2,1H3. The van der Waals surface area contributed by atoms with Crippen LogP contribution in [0.5, 0.6) is 0 Å². The quantitative estimate of drug-likeness (QED) is 0.516. The van der Waals surface area contributed by atoms with Crippen molar-refractivity contribution in [1.82, 2.24) is 14.4 Å². The van der Waals surface area contributed by atoms with Crippen LogP contribution in [0.4, 0.5) is 0 Å². The number of aromatic nitrogens is 2. The minimum absolute atomic E-state index is 0.699. The lowest BCUT2D eigenvalue weighted by atomic mass is 10.2. The Morgan fingerprint density at radius 3 is 2.95 bits per heavy atom. The van der Waals surface area contributed by atoms with E-state index < -0.39 is 0 Å². The number of para-hydroxylation sites is 1. The summed E-state index contributed by atoms with van der Waals surface area (Å²) in [6.07, 6.45) is 0. The van der Waals surface area contributed by atoms with Crippen molar-refractivity contribution in [2.45, 2.75) is 13.6 Å². The third-order valence-electron chi connectivity index (χ3n) is 4.39. The van der Waals surface area contributed by atoms with Gasteiger partial charge in [-0.25, -0.2) is 0 Å². The Kier molecular flexibility index (Phi) is 2.31. The number of nitrogens with one attached hydrogen (secondary N) is 1. The molecule has 22 heavy (non-hydrogen) atoms. The monoisotopic (exact) mass is 352 g/mol. The number of nitrogens with zero attached hydrogens (tertiary/aromatic N) is 3. The SMILES string of the molecule is Cc1cc2cccc3c4n(c5ccc(Br)cc5n1c23)CNN=4. The molecule has 0 radical (unpaired) electrons. The van der Waals surface area contributed by atoms with E-state index in [1.54, 1.807) is 0 Å². The molecule has 0 unspecified atom stereocenters. The van der Waals surface area contributed by atoms with Crippen LogP contribution in [0.25, 0.3) is 27.3 Å². The first-order valence-electron chi connectivity index (χ1n) is 7.23. The van der Waals surface area contributed by atoms with Gasteiger partial charge in [-0.05, 0) is 37.3 Å². The van der Waals surface area contributed by atoms with Crippen LogP contribution in [0.1, 0.15) is 5.69 Å². The van der Waals surface area contributed by atoms with E-state index in [0.717, 1.165) is 9.96 Å². The van der Waals surface area contributed by atoms with E-state index in [4.69, 9.17) is 0 Å². The third-order valence-corrected chi connectivity index (χ3v) is 4.88. The van der Waals surface area contributed by atoms with Gasteiger partial charge in [0.15, 0.2) is 5.49 Å². The molecule has 5 heteroatoms. The van der Waals surface area contributed by atoms with Gasteiger partial charge in [0.2, 0.25) is 0 Å². The van der Waals surface area contributed by atoms with Crippen molar-refractivity contribution in [3.63, 3.8) is 0 Å². The van der Waals surface area contributed by atoms with E-state index >= 15 is 0 Å². The zero-order valence-electron chi connectivity index (χ0n) is 12.0. The van der Waals surface area contributed by atoms with Crippen LogP contribution in [0, 0.1) is 6.92 Å². The number of benzene rings is 2. The maximum atomic E-state index is 4.54. The number of hydrogen-bond acceptors (Lipinski definition) is 2. The van der Waals surface area contributed by atoms with Crippen molar-refractivity contribution < 1.29 is 0 Å². The zero-order valence-corrected chi connectivity index (χ0v) is 13.6. The summed E-state index contributed by atoms with van der Waals surface area (Å²) in [6, 6.07) is 15.1. The molecule has 0 bridgehead atoms. The second kappa shape index (κ2) is 4.14.